The Bertz CT molecular complexity index is 1290. The van der Waals surface area contributed by atoms with Crippen LogP contribution in [-0.2, 0) is 0 Å². The highest BCUT2D eigenvalue weighted by Crippen LogP contribution is 2.38. The number of aryl methyl sites for hydroxylation is 2. The second-order valence-corrected chi connectivity index (χ2v) is 14.5. The molecule has 0 unspecified atom stereocenters. The average molecular weight is 535 g/mol. The molecule has 0 aromatic heterocycles. The summed E-state index contributed by atoms with van der Waals surface area (Å²) in [6, 6.07) is 31.6. The lowest BCUT2D eigenvalue weighted by molar-refractivity contribution is 0.306. The van der Waals surface area contributed by atoms with Crippen LogP contribution < -0.4 is 30.2 Å². The molecule has 0 fully saturated rings. The third kappa shape index (κ3) is 4.94. The van der Waals surface area contributed by atoms with Gasteiger partial charge in [0.15, 0.2) is 8.07 Å². The van der Waals surface area contributed by atoms with E-state index in [9.17, 15) is 0 Å². The van der Waals surface area contributed by atoms with E-state index in [4.69, 9.17) is 9.47 Å². The number of rotatable bonds is 12. The zero-order chi connectivity index (χ0) is 27.2. The van der Waals surface area contributed by atoms with Gasteiger partial charge in [0.25, 0.3) is 0 Å². The zero-order valence-corrected chi connectivity index (χ0v) is 25.1. The fourth-order valence-electron chi connectivity index (χ4n) is 6.24. The van der Waals surface area contributed by atoms with E-state index in [1.807, 2.05) is 0 Å². The Balaban J connectivity index is 1.84. The molecule has 1 aliphatic heterocycles. The Morgan fingerprint density at radius 1 is 0.513 bits per heavy atom. The number of unbranched alkanes of at least 4 members (excludes halogenated alkanes) is 4. The average Bonchev–Trinajstić information content (AvgIpc) is 3.27. The van der Waals surface area contributed by atoms with E-state index in [0.29, 0.717) is 0 Å². The van der Waals surface area contributed by atoms with Gasteiger partial charge in [-0.3, -0.25) is 0 Å². The molecule has 4 aromatic carbocycles. The maximum absolute atomic E-state index is 6.79. The van der Waals surface area contributed by atoms with Gasteiger partial charge in [0.2, 0.25) is 0 Å². The molecular formula is C36H42O2Si. The molecule has 202 valence electrons. The fourth-order valence-corrected chi connectivity index (χ4v) is 11.8. The van der Waals surface area contributed by atoms with Gasteiger partial charge in [0.1, 0.15) is 11.5 Å². The number of benzene rings is 4. The van der Waals surface area contributed by atoms with Crippen molar-refractivity contribution in [2.45, 2.75) is 66.2 Å². The molecule has 0 aliphatic carbocycles. The monoisotopic (exact) mass is 534 g/mol. The summed E-state index contributed by atoms with van der Waals surface area (Å²) in [5.74, 6) is 2.16. The molecule has 2 nitrogen and oxygen atoms in total. The van der Waals surface area contributed by atoms with E-state index in [1.54, 1.807) is 0 Å². The predicted molar refractivity (Wildman–Crippen MR) is 169 cm³/mol. The molecule has 5 rings (SSSR count). The van der Waals surface area contributed by atoms with E-state index in [1.165, 1.54) is 68.7 Å². The lowest BCUT2D eigenvalue weighted by atomic mass is 10.0. The van der Waals surface area contributed by atoms with Crippen LogP contribution in [0.15, 0.2) is 84.9 Å². The Kier molecular flexibility index (Phi) is 8.57. The Hall–Kier alpha value is -3.30. The van der Waals surface area contributed by atoms with Gasteiger partial charge >= 0.3 is 0 Å². The van der Waals surface area contributed by atoms with Crippen molar-refractivity contribution in [3.05, 3.63) is 96.1 Å². The number of fused-ring (bicyclic) bond motifs is 3. The fraction of sp³-hybridized carbons (Fsp3) is 0.333. The molecule has 0 atom stereocenters. The van der Waals surface area contributed by atoms with Gasteiger partial charge in [0, 0.05) is 10.4 Å². The van der Waals surface area contributed by atoms with E-state index in [2.05, 4.69) is 113 Å². The van der Waals surface area contributed by atoms with Crippen molar-refractivity contribution in [2.75, 3.05) is 13.2 Å². The van der Waals surface area contributed by atoms with Gasteiger partial charge in [-0.1, -0.05) is 124 Å². The van der Waals surface area contributed by atoms with Crippen molar-refractivity contribution in [1.29, 1.82) is 0 Å². The normalized spacial score (nSPS) is 13.1. The molecule has 4 aromatic rings. The molecule has 3 heteroatoms. The topological polar surface area (TPSA) is 18.5 Å². The van der Waals surface area contributed by atoms with Crippen LogP contribution in [0.25, 0.3) is 11.1 Å². The summed E-state index contributed by atoms with van der Waals surface area (Å²) in [7, 11) is -2.76. The van der Waals surface area contributed by atoms with Crippen molar-refractivity contribution < 1.29 is 9.47 Å². The third-order valence-electron chi connectivity index (χ3n) is 8.15. The maximum Gasteiger partial charge on any atom is 0.189 e. The molecule has 0 N–H and O–H groups in total. The molecule has 0 saturated carbocycles. The highest BCUT2D eigenvalue weighted by atomic mass is 28.3. The predicted octanol–water partition coefficient (Wildman–Crippen LogP) is 6.80. The highest BCUT2D eigenvalue weighted by molar-refractivity contribution is 7.23. The summed E-state index contributed by atoms with van der Waals surface area (Å²) in [5.41, 5.74) is 5.03. The second-order valence-electron chi connectivity index (χ2n) is 10.9. The summed E-state index contributed by atoms with van der Waals surface area (Å²) in [6.45, 7) is 10.4. The minimum atomic E-state index is -2.76. The smallest absolute Gasteiger partial charge is 0.189 e. The van der Waals surface area contributed by atoms with Crippen molar-refractivity contribution >= 4 is 28.8 Å². The lowest BCUT2D eigenvalue weighted by Gasteiger charge is -2.34. The van der Waals surface area contributed by atoms with Crippen LogP contribution >= 0.6 is 0 Å². The zero-order valence-electron chi connectivity index (χ0n) is 24.1. The first kappa shape index (κ1) is 27.3. The van der Waals surface area contributed by atoms with E-state index in [0.717, 1.165) is 37.6 Å². The Labute approximate surface area is 236 Å². The molecule has 0 radical (unpaired) electrons. The first-order chi connectivity index (χ1) is 19.1. The first-order valence-corrected chi connectivity index (χ1v) is 16.8. The van der Waals surface area contributed by atoms with Crippen molar-refractivity contribution in [3.63, 3.8) is 0 Å². The number of hydrogen-bond donors (Lipinski definition) is 0. The van der Waals surface area contributed by atoms with Gasteiger partial charge in [0.05, 0.1) is 13.2 Å². The minimum Gasteiger partial charge on any atom is -0.493 e. The maximum atomic E-state index is 6.79. The summed E-state index contributed by atoms with van der Waals surface area (Å²) in [6.07, 6.45) is 6.88. The highest BCUT2D eigenvalue weighted by Gasteiger charge is 2.53. The Morgan fingerprint density at radius 3 is 1.31 bits per heavy atom. The van der Waals surface area contributed by atoms with Crippen molar-refractivity contribution in [1.82, 2.24) is 0 Å². The van der Waals surface area contributed by atoms with Crippen LogP contribution in [0.3, 0.4) is 0 Å². The summed E-state index contributed by atoms with van der Waals surface area (Å²) < 4.78 is 13.6. The molecule has 1 heterocycles. The molecule has 39 heavy (non-hydrogen) atoms. The van der Waals surface area contributed by atoms with Gasteiger partial charge < -0.3 is 9.47 Å². The van der Waals surface area contributed by atoms with E-state index >= 15 is 0 Å². The van der Waals surface area contributed by atoms with Crippen molar-refractivity contribution in [3.8, 4) is 22.6 Å². The van der Waals surface area contributed by atoms with Crippen LogP contribution in [0.4, 0.5) is 0 Å². The van der Waals surface area contributed by atoms with Gasteiger partial charge in [-0.25, -0.2) is 0 Å². The summed E-state index contributed by atoms with van der Waals surface area (Å²) >= 11 is 0. The standard InChI is InChI=1S/C36H42O2Si/c1-5-7-15-25-37-33-27(3)21-23-31-32-24-22-28(4)34(38-26-16-8-6-2)36(32)39(35(31)33,29-17-11-9-12-18-29)30-19-13-10-14-20-30/h9-14,17-24H,5-8,15-16,25-26H2,1-4H3. The molecule has 0 saturated heterocycles. The lowest BCUT2D eigenvalue weighted by Crippen LogP contribution is -2.73. The second kappa shape index (κ2) is 12.3. The van der Waals surface area contributed by atoms with E-state index in [-0.39, 0.29) is 0 Å². The van der Waals surface area contributed by atoms with Crippen LogP contribution in [0.2, 0.25) is 0 Å². The molecule has 0 amide bonds. The molecule has 0 bridgehead atoms. The summed E-state index contributed by atoms with van der Waals surface area (Å²) in [4.78, 5) is 0. The summed E-state index contributed by atoms with van der Waals surface area (Å²) in [5, 5.41) is 5.53. The van der Waals surface area contributed by atoms with Crippen LogP contribution in [0, 0.1) is 13.8 Å². The quantitative estimate of drug-likeness (QED) is 0.129. The SMILES string of the molecule is CCCCCOc1c(C)ccc2c1[Si](c1ccccc1)(c1ccccc1)c1c-2ccc(C)c1OCCCCC. The Morgan fingerprint density at radius 2 is 0.923 bits per heavy atom. The largest absolute Gasteiger partial charge is 0.493 e. The minimum absolute atomic E-state index is 0.745. The van der Waals surface area contributed by atoms with Crippen LogP contribution in [0.1, 0.15) is 63.5 Å². The number of hydrogen-bond acceptors (Lipinski definition) is 2. The third-order valence-corrected chi connectivity index (χ3v) is 13.0. The van der Waals surface area contributed by atoms with Crippen LogP contribution in [0.5, 0.6) is 11.5 Å². The van der Waals surface area contributed by atoms with E-state index < -0.39 is 8.07 Å². The van der Waals surface area contributed by atoms with Gasteiger partial charge in [-0.2, -0.15) is 0 Å². The first-order valence-electron chi connectivity index (χ1n) is 14.8. The molecule has 1 aliphatic rings. The molecular weight excluding hydrogens is 492 g/mol. The van der Waals surface area contributed by atoms with Gasteiger partial charge in [-0.15, -0.1) is 0 Å². The molecule has 0 spiro atoms. The van der Waals surface area contributed by atoms with Crippen molar-refractivity contribution in [2.24, 2.45) is 0 Å². The van der Waals surface area contributed by atoms with Crippen LogP contribution in [-0.4, -0.2) is 21.3 Å². The number of ether oxygens (including phenoxy) is 2. The van der Waals surface area contributed by atoms with Gasteiger partial charge in [-0.05, 0) is 59.3 Å².